The normalized spacial score (nSPS) is 22.4. The molecule has 88 valence electrons. The Balaban J connectivity index is 2.34. The van der Waals surface area contributed by atoms with Crippen LogP contribution < -0.4 is 0 Å². The summed E-state index contributed by atoms with van der Waals surface area (Å²) in [5, 5.41) is 8.92. The highest BCUT2D eigenvalue weighted by Gasteiger charge is 2.40. The minimum Gasteiger partial charge on any atom is -0.480 e. The van der Waals surface area contributed by atoms with Crippen molar-refractivity contribution < 1.29 is 18.3 Å². The second kappa shape index (κ2) is 4.11. The number of aromatic amines is 1. The lowest BCUT2D eigenvalue weighted by atomic mass is 10.4. The summed E-state index contributed by atoms with van der Waals surface area (Å²) in [6.45, 7) is 0. The molecule has 1 aromatic heterocycles. The van der Waals surface area contributed by atoms with E-state index in [0.717, 1.165) is 4.31 Å². The highest BCUT2D eigenvalue weighted by Crippen LogP contribution is 2.28. The van der Waals surface area contributed by atoms with Crippen molar-refractivity contribution in [2.75, 3.05) is 11.6 Å². The summed E-state index contributed by atoms with van der Waals surface area (Å²) in [5.41, 5.74) is 0. The monoisotopic (exact) mass is 262 g/mol. The van der Waals surface area contributed by atoms with Crippen molar-refractivity contribution in [1.82, 2.24) is 9.29 Å². The fourth-order valence-electron chi connectivity index (χ4n) is 1.46. The van der Waals surface area contributed by atoms with Gasteiger partial charge in [-0.15, -0.1) is 11.8 Å². The molecule has 0 spiro atoms. The average molecular weight is 262 g/mol. The average Bonchev–Trinajstić information content (AvgIpc) is 2.89. The molecule has 0 aliphatic carbocycles. The molecule has 1 aromatic rings. The third kappa shape index (κ3) is 1.83. The van der Waals surface area contributed by atoms with Gasteiger partial charge in [-0.3, -0.25) is 4.79 Å². The zero-order valence-corrected chi connectivity index (χ0v) is 9.79. The molecule has 1 aliphatic heterocycles. The molecule has 0 bridgehead atoms. The van der Waals surface area contributed by atoms with Crippen LogP contribution in [0, 0.1) is 0 Å². The summed E-state index contributed by atoms with van der Waals surface area (Å²) in [6, 6.07) is 0.446. The molecule has 0 saturated carbocycles. The van der Waals surface area contributed by atoms with Crippen LogP contribution in [0.4, 0.5) is 0 Å². The van der Waals surface area contributed by atoms with Crippen molar-refractivity contribution in [2.24, 2.45) is 0 Å². The van der Waals surface area contributed by atoms with Gasteiger partial charge in [0.1, 0.15) is 6.04 Å². The minimum absolute atomic E-state index is 0.0984. The van der Waals surface area contributed by atoms with Gasteiger partial charge in [0.05, 0.1) is 10.8 Å². The van der Waals surface area contributed by atoms with Gasteiger partial charge in [0.15, 0.2) is 0 Å². The largest absolute Gasteiger partial charge is 0.480 e. The lowest BCUT2D eigenvalue weighted by Gasteiger charge is -2.18. The van der Waals surface area contributed by atoms with Gasteiger partial charge in [0.2, 0.25) is 10.0 Å². The number of sulfonamides is 1. The van der Waals surface area contributed by atoms with Crippen LogP contribution in [0.3, 0.4) is 0 Å². The minimum atomic E-state index is -3.69. The highest BCUT2D eigenvalue weighted by molar-refractivity contribution is 8.00. The number of nitrogens with zero attached hydrogens (tertiary/aromatic N) is 1. The molecule has 6 nitrogen and oxygen atoms in total. The van der Waals surface area contributed by atoms with Gasteiger partial charge in [-0.1, -0.05) is 0 Å². The lowest BCUT2D eigenvalue weighted by Crippen LogP contribution is -2.41. The van der Waals surface area contributed by atoms with Gasteiger partial charge in [0, 0.05) is 18.1 Å². The van der Waals surface area contributed by atoms with Gasteiger partial charge in [-0.05, 0) is 6.07 Å². The van der Waals surface area contributed by atoms with E-state index in [0.29, 0.717) is 5.75 Å². The van der Waals surface area contributed by atoms with Crippen molar-refractivity contribution in [1.29, 1.82) is 0 Å². The van der Waals surface area contributed by atoms with Crippen molar-refractivity contribution in [3.05, 3.63) is 18.5 Å². The Morgan fingerprint density at radius 1 is 1.62 bits per heavy atom. The van der Waals surface area contributed by atoms with Crippen LogP contribution in [0.25, 0.3) is 0 Å². The number of aliphatic carboxylic acids is 1. The molecule has 1 saturated heterocycles. The number of carboxylic acids is 1. The summed E-state index contributed by atoms with van der Waals surface area (Å²) < 4.78 is 25.1. The molecule has 1 fully saturated rings. The molecule has 1 atom stereocenters. The highest BCUT2D eigenvalue weighted by atomic mass is 32.2. The summed E-state index contributed by atoms with van der Waals surface area (Å²) in [6.07, 6.45) is 2.84. The summed E-state index contributed by atoms with van der Waals surface area (Å²) in [5.74, 6) is -0.632. The Hall–Kier alpha value is -0.990. The number of H-pyrrole nitrogens is 1. The third-order valence-corrected chi connectivity index (χ3v) is 5.33. The van der Waals surface area contributed by atoms with E-state index in [9.17, 15) is 13.2 Å². The number of hydrogen-bond donors (Lipinski definition) is 2. The maximum Gasteiger partial charge on any atom is 0.322 e. The Morgan fingerprint density at radius 2 is 2.38 bits per heavy atom. The quantitative estimate of drug-likeness (QED) is 0.810. The van der Waals surface area contributed by atoms with E-state index >= 15 is 0 Å². The first-order chi connectivity index (χ1) is 7.53. The Morgan fingerprint density at radius 3 is 2.94 bits per heavy atom. The van der Waals surface area contributed by atoms with Crippen molar-refractivity contribution in [2.45, 2.75) is 10.9 Å². The lowest BCUT2D eigenvalue weighted by molar-refractivity contribution is -0.140. The van der Waals surface area contributed by atoms with Crippen molar-refractivity contribution in [3.8, 4) is 0 Å². The maximum atomic E-state index is 12.0. The van der Waals surface area contributed by atoms with Gasteiger partial charge < -0.3 is 10.1 Å². The zero-order chi connectivity index (χ0) is 11.8. The smallest absolute Gasteiger partial charge is 0.322 e. The zero-order valence-electron chi connectivity index (χ0n) is 8.16. The van der Waals surface area contributed by atoms with Gasteiger partial charge >= 0.3 is 5.97 Å². The molecule has 0 radical (unpaired) electrons. The van der Waals surface area contributed by atoms with Crippen LogP contribution in [0.1, 0.15) is 0 Å². The molecule has 8 heteroatoms. The fourth-order valence-corrected chi connectivity index (χ4v) is 4.57. The second-order valence-electron chi connectivity index (χ2n) is 3.29. The Bertz CT molecular complexity index is 482. The maximum absolute atomic E-state index is 12.0. The van der Waals surface area contributed by atoms with E-state index in [2.05, 4.69) is 4.98 Å². The van der Waals surface area contributed by atoms with Crippen molar-refractivity contribution in [3.63, 3.8) is 0 Å². The third-order valence-electron chi connectivity index (χ3n) is 2.30. The first-order valence-corrected chi connectivity index (χ1v) is 7.08. The summed E-state index contributed by atoms with van der Waals surface area (Å²) in [4.78, 5) is 13.6. The van der Waals surface area contributed by atoms with E-state index in [4.69, 9.17) is 5.11 Å². The molecule has 16 heavy (non-hydrogen) atoms. The van der Waals surface area contributed by atoms with Gasteiger partial charge in [0.25, 0.3) is 0 Å². The molecule has 2 rings (SSSR count). The predicted octanol–water partition coefficient (Wildman–Crippen LogP) is 0.163. The molecular formula is C8H10N2O4S2. The van der Waals surface area contributed by atoms with E-state index in [-0.39, 0.29) is 10.8 Å². The van der Waals surface area contributed by atoms with E-state index in [1.165, 1.54) is 30.2 Å². The van der Waals surface area contributed by atoms with E-state index < -0.39 is 22.0 Å². The molecular weight excluding hydrogens is 252 g/mol. The number of carbonyl (C=O) groups is 1. The Kier molecular flexibility index (Phi) is 2.96. The predicted molar refractivity (Wildman–Crippen MR) is 58.6 cm³/mol. The van der Waals surface area contributed by atoms with Crippen LogP contribution >= 0.6 is 11.8 Å². The van der Waals surface area contributed by atoms with E-state index in [1.54, 1.807) is 0 Å². The van der Waals surface area contributed by atoms with Crippen molar-refractivity contribution >= 4 is 27.8 Å². The van der Waals surface area contributed by atoms with Crippen LogP contribution in [0.5, 0.6) is 0 Å². The summed E-state index contributed by atoms with van der Waals surface area (Å²) >= 11 is 1.30. The number of hydrogen-bond acceptors (Lipinski definition) is 4. The van der Waals surface area contributed by atoms with Crippen LogP contribution in [-0.2, 0) is 14.8 Å². The number of aromatic nitrogens is 1. The number of carboxylic acid groups (broad SMARTS) is 1. The molecule has 1 unspecified atom stereocenters. The molecule has 2 N–H and O–H groups in total. The van der Waals surface area contributed by atoms with E-state index in [1.807, 2.05) is 0 Å². The standard InChI is InChI=1S/C8H10N2O4S2/c11-8(12)7-4-15-5-10(7)16(13,14)6-1-2-9-3-6/h1-3,7,9H,4-5H2,(H,11,12). The van der Waals surface area contributed by atoms with Gasteiger partial charge in [-0.25, -0.2) is 8.42 Å². The molecule has 1 aliphatic rings. The Labute approximate surface area is 96.7 Å². The first kappa shape index (κ1) is 11.5. The topological polar surface area (TPSA) is 90.5 Å². The van der Waals surface area contributed by atoms with Crippen LogP contribution in [-0.4, -0.2) is 46.5 Å². The molecule has 2 heterocycles. The number of thioether (sulfide) groups is 1. The fraction of sp³-hybridized carbons (Fsp3) is 0.375. The molecule has 0 amide bonds. The summed E-state index contributed by atoms with van der Waals surface area (Å²) in [7, 11) is -3.69. The first-order valence-electron chi connectivity index (χ1n) is 4.48. The van der Waals surface area contributed by atoms with Gasteiger partial charge in [-0.2, -0.15) is 4.31 Å². The SMILES string of the molecule is O=C(O)C1CSCN1S(=O)(=O)c1cc[nH]c1. The van der Waals surface area contributed by atoms with Crippen LogP contribution in [0.2, 0.25) is 0 Å². The number of nitrogens with one attached hydrogen (secondary N) is 1. The second-order valence-corrected chi connectivity index (χ2v) is 6.18. The number of rotatable bonds is 3. The van der Waals surface area contributed by atoms with Crippen LogP contribution in [0.15, 0.2) is 23.4 Å². The molecule has 0 aromatic carbocycles.